The number of nitrogens with zero attached hydrogens (tertiary/aromatic N) is 1. The summed E-state index contributed by atoms with van der Waals surface area (Å²) in [6.07, 6.45) is 0.0685. The van der Waals surface area contributed by atoms with E-state index in [1.807, 2.05) is 25.1 Å². The molecular weight excluding hydrogens is 409 g/mol. The Kier molecular flexibility index (Phi) is 6.99. The smallest absolute Gasteiger partial charge is 0.416 e. The number of hydrogen-bond acceptors (Lipinski definition) is 4. The van der Waals surface area contributed by atoms with Gasteiger partial charge in [-0.05, 0) is 67.3 Å². The highest BCUT2D eigenvalue weighted by Crippen LogP contribution is 2.29. The zero-order valence-corrected chi connectivity index (χ0v) is 17.0. The Morgan fingerprint density at radius 2 is 1.87 bits per heavy atom. The van der Waals surface area contributed by atoms with Gasteiger partial charge in [0.2, 0.25) is 0 Å². The van der Waals surface area contributed by atoms with E-state index in [4.69, 9.17) is 4.74 Å². The molecule has 1 aliphatic heterocycles. The Balaban J connectivity index is 1.50. The normalized spacial score (nSPS) is 14.1. The first-order valence-corrected chi connectivity index (χ1v) is 9.90. The lowest BCUT2D eigenvalue weighted by atomic mass is 10.1. The van der Waals surface area contributed by atoms with Gasteiger partial charge in [0.15, 0.2) is 6.61 Å². The zero-order valence-electron chi connectivity index (χ0n) is 17.0. The maximum absolute atomic E-state index is 12.7. The summed E-state index contributed by atoms with van der Waals surface area (Å²) in [5.74, 6) is -1.33. The number of rotatable bonds is 6. The van der Waals surface area contributed by atoms with Gasteiger partial charge in [-0.25, -0.2) is 4.79 Å². The highest BCUT2D eigenvalue weighted by atomic mass is 19.4. The lowest BCUT2D eigenvalue weighted by Crippen LogP contribution is -2.21. The van der Waals surface area contributed by atoms with Crippen LogP contribution in [0.15, 0.2) is 48.5 Å². The van der Waals surface area contributed by atoms with Crippen molar-refractivity contribution in [1.82, 2.24) is 0 Å². The van der Waals surface area contributed by atoms with Crippen molar-refractivity contribution in [3.05, 3.63) is 65.2 Å². The van der Waals surface area contributed by atoms with Crippen LogP contribution in [0, 0.1) is 6.92 Å². The lowest BCUT2D eigenvalue weighted by Gasteiger charge is -2.19. The summed E-state index contributed by atoms with van der Waals surface area (Å²) in [5, 5.41) is 2.70. The van der Waals surface area contributed by atoms with E-state index in [9.17, 15) is 22.8 Å². The fraction of sp³-hybridized carbons (Fsp3) is 0.304. The maximum Gasteiger partial charge on any atom is 0.416 e. The SMILES string of the molecule is Cc1cc(N2CCCC2)ccc1NC(=O)COC(=O)/C=C/c1cccc(C(F)(F)F)c1. The number of carbonyl (C=O) groups is 2. The molecule has 0 atom stereocenters. The van der Waals surface area contributed by atoms with Gasteiger partial charge in [0.05, 0.1) is 5.56 Å². The summed E-state index contributed by atoms with van der Waals surface area (Å²) in [6.45, 7) is 3.43. The third kappa shape index (κ3) is 6.34. The van der Waals surface area contributed by atoms with E-state index in [2.05, 4.69) is 10.2 Å². The Morgan fingerprint density at radius 3 is 2.55 bits per heavy atom. The van der Waals surface area contributed by atoms with Gasteiger partial charge in [-0.15, -0.1) is 0 Å². The van der Waals surface area contributed by atoms with Crippen LogP contribution < -0.4 is 10.2 Å². The van der Waals surface area contributed by atoms with Crippen molar-refractivity contribution in [3.8, 4) is 0 Å². The van der Waals surface area contributed by atoms with Crippen molar-refractivity contribution < 1.29 is 27.5 Å². The minimum absolute atomic E-state index is 0.199. The van der Waals surface area contributed by atoms with Gasteiger partial charge in [0.25, 0.3) is 5.91 Å². The van der Waals surface area contributed by atoms with Crippen molar-refractivity contribution in [1.29, 1.82) is 0 Å². The van der Waals surface area contributed by atoms with Crippen molar-refractivity contribution in [3.63, 3.8) is 0 Å². The lowest BCUT2D eigenvalue weighted by molar-refractivity contribution is -0.142. The summed E-state index contributed by atoms with van der Waals surface area (Å²) in [7, 11) is 0. The summed E-state index contributed by atoms with van der Waals surface area (Å²) in [5.41, 5.74) is 2.02. The molecule has 5 nitrogen and oxygen atoms in total. The van der Waals surface area contributed by atoms with Gasteiger partial charge < -0.3 is 15.0 Å². The molecule has 1 heterocycles. The molecule has 1 amide bonds. The molecule has 0 saturated carbocycles. The Morgan fingerprint density at radius 1 is 1.13 bits per heavy atom. The van der Waals surface area contributed by atoms with E-state index in [1.165, 1.54) is 31.1 Å². The minimum Gasteiger partial charge on any atom is -0.452 e. The molecule has 0 spiro atoms. The molecule has 1 saturated heterocycles. The van der Waals surface area contributed by atoms with Crippen molar-refractivity contribution in [2.45, 2.75) is 25.9 Å². The van der Waals surface area contributed by atoms with E-state index in [1.54, 1.807) is 0 Å². The number of nitrogens with one attached hydrogen (secondary N) is 1. The van der Waals surface area contributed by atoms with Gasteiger partial charge in [-0.2, -0.15) is 13.2 Å². The highest BCUT2D eigenvalue weighted by Gasteiger charge is 2.30. The molecule has 1 aliphatic rings. The van der Waals surface area contributed by atoms with E-state index in [-0.39, 0.29) is 5.56 Å². The van der Waals surface area contributed by atoms with Crippen LogP contribution in [0.4, 0.5) is 24.5 Å². The predicted molar refractivity (Wildman–Crippen MR) is 113 cm³/mol. The fourth-order valence-electron chi connectivity index (χ4n) is 3.31. The van der Waals surface area contributed by atoms with Gasteiger partial charge >= 0.3 is 12.1 Å². The third-order valence-corrected chi connectivity index (χ3v) is 4.93. The number of benzene rings is 2. The summed E-state index contributed by atoms with van der Waals surface area (Å²) in [6, 6.07) is 10.3. The molecule has 0 aromatic heterocycles. The van der Waals surface area contributed by atoms with Crippen LogP contribution in [0.1, 0.15) is 29.5 Å². The number of hydrogen-bond donors (Lipinski definition) is 1. The van der Waals surface area contributed by atoms with Gasteiger partial charge in [0.1, 0.15) is 0 Å². The maximum atomic E-state index is 12.7. The second-order valence-corrected chi connectivity index (χ2v) is 7.31. The molecule has 2 aromatic carbocycles. The number of aryl methyl sites for hydroxylation is 1. The topological polar surface area (TPSA) is 58.6 Å². The first-order valence-electron chi connectivity index (χ1n) is 9.90. The molecule has 0 bridgehead atoms. The van der Waals surface area contributed by atoms with E-state index < -0.39 is 30.2 Å². The Hall–Kier alpha value is -3.29. The number of esters is 1. The number of amides is 1. The van der Waals surface area contributed by atoms with Crippen LogP contribution in [0.5, 0.6) is 0 Å². The molecule has 8 heteroatoms. The first-order chi connectivity index (χ1) is 14.7. The van der Waals surface area contributed by atoms with Crippen molar-refractivity contribution >= 4 is 29.3 Å². The quantitative estimate of drug-likeness (QED) is 0.526. The Labute approximate surface area is 178 Å². The molecule has 0 radical (unpaired) electrons. The number of carbonyl (C=O) groups excluding carboxylic acids is 2. The number of ether oxygens (including phenoxy) is 1. The average Bonchev–Trinajstić information content (AvgIpc) is 3.27. The molecule has 31 heavy (non-hydrogen) atoms. The van der Waals surface area contributed by atoms with Crippen molar-refractivity contribution in [2.75, 3.05) is 29.9 Å². The van der Waals surface area contributed by atoms with Crippen LogP contribution in [0.25, 0.3) is 6.08 Å². The van der Waals surface area contributed by atoms with Crippen LogP contribution in [-0.4, -0.2) is 31.6 Å². The second kappa shape index (κ2) is 9.68. The second-order valence-electron chi connectivity index (χ2n) is 7.31. The van der Waals surface area contributed by atoms with E-state index >= 15 is 0 Å². The first kappa shape index (κ1) is 22.4. The average molecular weight is 432 g/mol. The molecule has 1 N–H and O–H groups in total. The van der Waals surface area contributed by atoms with Crippen LogP contribution in [-0.2, 0) is 20.5 Å². The standard InChI is InChI=1S/C23H23F3N2O3/c1-16-13-19(28-11-2-3-12-28)8-9-20(16)27-21(29)15-31-22(30)10-7-17-5-4-6-18(14-17)23(24,25)26/h4-10,13-14H,2-3,11-12,15H2,1H3,(H,27,29)/b10-7+. The van der Waals surface area contributed by atoms with Crippen LogP contribution >= 0.6 is 0 Å². The fourth-order valence-corrected chi connectivity index (χ4v) is 3.31. The summed E-state index contributed by atoms with van der Waals surface area (Å²) >= 11 is 0. The number of alkyl halides is 3. The number of anilines is 2. The monoisotopic (exact) mass is 432 g/mol. The molecule has 2 aromatic rings. The van der Waals surface area contributed by atoms with Crippen LogP contribution in [0.2, 0.25) is 0 Å². The molecule has 3 rings (SSSR count). The molecule has 0 aliphatic carbocycles. The number of halogens is 3. The van der Waals surface area contributed by atoms with E-state index in [0.717, 1.165) is 42.5 Å². The highest BCUT2D eigenvalue weighted by molar-refractivity contribution is 5.95. The summed E-state index contributed by atoms with van der Waals surface area (Å²) in [4.78, 5) is 26.2. The van der Waals surface area contributed by atoms with Crippen LogP contribution in [0.3, 0.4) is 0 Å². The van der Waals surface area contributed by atoms with Gasteiger partial charge in [-0.1, -0.05) is 12.1 Å². The molecular formula is C23H23F3N2O3. The Bertz CT molecular complexity index is 980. The molecule has 1 fully saturated rings. The molecule has 0 unspecified atom stereocenters. The largest absolute Gasteiger partial charge is 0.452 e. The van der Waals surface area contributed by atoms with Crippen molar-refractivity contribution in [2.24, 2.45) is 0 Å². The van der Waals surface area contributed by atoms with Gasteiger partial charge in [-0.3, -0.25) is 4.79 Å². The predicted octanol–water partition coefficient (Wildman–Crippen LogP) is 4.81. The minimum atomic E-state index is -4.47. The summed E-state index contributed by atoms with van der Waals surface area (Å²) < 4.78 is 43.0. The third-order valence-electron chi connectivity index (χ3n) is 4.93. The molecule has 164 valence electrons. The van der Waals surface area contributed by atoms with E-state index in [0.29, 0.717) is 5.69 Å². The zero-order chi connectivity index (χ0) is 22.4. The van der Waals surface area contributed by atoms with Gasteiger partial charge in [0, 0.05) is 30.5 Å².